The van der Waals surface area contributed by atoms with Gasteiger partial charge >= 0.3 is 0 Å². The summed E-state index contributed by atoms with van der Waals surface area (Å²) >= 11 is 0. The standard InChI is InChI=1S/C12H26O/c1-7-11(8-2)13-12(5,6)9-10(3)4/h10-11H,7-9H2,1-6H3. The summed E-state index contributed by atoms with van der Waals surface area (Å²) in [6.07, 6.45) is 3.83. The van der Waals surface area contributed by atoms with E-state index in [1.807, 2.05) is 0 Å². The van der Waals surface area contributed by atoms with Crippen LogP contribution in [0, 0.1) is 5.92 Å². The number of hydrogen-bond acceptors (Lipinski definition) is 1. The fraction of sp³-hybridized carbons (Fsp3) is 1.00. The summed E-state index contributed by atoms with van der Waals surface area (Å²) < 4.78 is 6.05. The zero-order valence-corrected chi connectivity index (χ0v) is 10.2. The van der Waals surface area contributed by atoms with Gasteiger partial charge in [0.2, 0.25) is 0 Å². The summed E-state index contributed by atoms with van der Waals surface area (Å²) in [6, 6.07) is 0. The normalized spacial score (nSPS) is 12.9. The third-order valence-corrected chi connectivity index (χ3v) is 2.30. The Morgan fingerprint density at radius 1 is 1.08 bits per heavy atom. The number of ether oxygens (including phenoxy) is 1. The summed E-state index contributed by atoms with van der Waals surface area (Å²) in [5, 5.41) is 0. The molecular formula is C12H26O. The lowest BCUT2D eigenvalue weighted by atomic mass is 9.95. The van der Waals surface area contributed by atoms with E-state index in [0.717, 1.165) is 19.3 Å². The Morgan fingerprint density at radius 3 is 1.85 bits per heavy atom. The Hall–Kier alpha value is -0.0400. The Labute approximate surface area is 83.9 Å². The van der Waals surface area contributed by atoms with Crippen molar-refractivity contribution in [1.82, 2.24) is 0 Å². The van der Waals surface area contributed by atoms with Crippen molar-refractivity contribution in [1.29, 1.82) is 0 Å². The summed E-state index contributed by atoms with van der Waals surface area (Å²) in [7, 11) is 0. The monoisotopic (exact) mass is 186 g/mol. The number of rotatable bonds is 6. The van der Waals surface area contributed by atoms with Gasteiger partial charge in [-0.25, -0.2) is 0 Å². The minimum atomic E-state index is 0.0465. The van der Waals surface area contributed by atoms with Crippen LogP contribution in [0.25, 0.3) is 0 Å². The first-order valence-electron chi connectivity index (χ1n) is 5.59. The van der Waals surface area contributed by atoms with Crippen molar-refractivity contribution in [2.45, 2.75) is 72.5 Å². The molecule has 0 unspecified atom stereocenters. The van der Waals surface area contributed by atoms with Crippen LogP contribution in [-0.2, 0) is 4.74 Å². The van der Waals surface area contributed by atoms with Gasteiger partial charge in [-0.05, 0) is 39.0 Å². The van der Waals surface area contributed by atoms with E-state index in [0.29, 0.717) is 12.0 Å². The fourth-order valence-corrected chi connectivity index (χ4v) is 1.94. The van der Waals surface area contributed by atoms with Gasteiger partial charge in [0, 0.05) is 0 Å². The van der Waals surface area contributed by atoms with Crippen LogP contribution in [0.1, 0.15) is 60.8 Å². The van der Waals surface area contributed by atoms with Crippen LogP contribution in [-0.4, -0.2) is 11.7 Å². The van der Waals surface area contributed by atoms with Crippen molar-refractivity contribution in [2.75, 3.05) is 0 Å². The van der Waals surface area contributed by atoms with Gasteiger partial charge in [-0.1, -0.05) is 27.7 Å². The molecular weight excluding hydrogens is 160 g/mol. The maximum absolute atomic E-state index is 6.05. The van der Waals surface area contributed by atoms with Crippen LogP contribution in [0.5, 0.6) is 0 Å². The van der Waals surface area contributed by atoms with Crippen molar-refractivity contribution in [3.63, 3.8) is 0 Å². The summed E-state index contributed by atoms with van der Waals surface area (Å²) in [5.74, 6) is 0.712. The molecule has 0 aromatic carbocycles. The van der Waals surface area contributed by atoms with E-state index in [-0.39, 0.29) is 5.60 Å². The molecule has 0 radical (unpaired) electrons. The highest BCUT2D eigenvalue weighted by molar-refractivity contribution is 4.72. The highest BCUT2D eigenvalue weighted by Crippen LogP contribution is 2.23. The third kappa shape index (κ3) is 6.09. The van der Waals surface area contributed by atoms with Gasteiger partial charge < -0.3 is 4.74 Å². The van der Waals surface area contributed by atoms with E-state index in [2.05, 4.69) is 41.5 Å². The van der Waals surface area contributed by atoms with Crippen molar-refractivity contribution < 1.29 is 4.74 Å². The predicted octanol–water partition coefficient (Wildman–Crippen LogP) is 4.02. The van der Waals surface area contributed by atoms with Gasteiger partial charge in [-0.3, -0.25) is 0 Å². The van der Waals surface area contributed by atoms with Crippen molar-refractivity contribution in [2.24, 2.45) is 5.92 Å². The minimum absolute atomic E-state index is 0.0465. The molecule has 0 atom stereocenters. The molecule has 0 fully saturated rings. The van der Waals surface area contributed by atoms with Gasteiger partial charge in [0.25, 0.3) is 0 Å². The Balaban J connectivity index is 3.98. The maximum Gasteiger partial charge on any atom is 0.0632 e. The molecule has 80 valence electrons. The topological polar surface area (TPSA) is 9.23 Å². The average molecular weight is 186 g/mol. The molecule has 0 saturated heterocycles. The minimum Gasteiger partial charge on any atom is -0.372 e. The van der Waals surface area contributed by atoms with Crippen LogP contribution < -0.4 is 0 Å². The van der Waals surface area contributed by atoms with E-state index in [9.17, 15) is 0 Å². The fourth-order valence-electron chi connectivity index (χ4n) is 1.94. The quantitative estimate of drug-likeness (QED) is 0.609. The molecule has 0 aliphatic heterocycles. The predicted molar refractivity (Wildman–Crippen MR) is 59.0 cm³/mol. The van der Waals surface area contributed by atoms with Crippen LogP contribution in [0.2, 0.25) is 0 Å². The highest BCUT2D eigenvalue weighted by atomic mass is 16.5. The van der Waals surface area contributed by atoms with E-state index in [4.69, 9.17) is 4.74 Å². The molecule has 0 aromatic rings. The molecule has 1 heteroatoms. The van der Waals surface area contributed by atoms with E-state index >= 15 is 0 Å². The molecule has 0 saturated carbocycles. The molecule has 0 aliphatic carbocycles. The second-order valence-electron chi connectivity index (χ2n) is 4.91. The lowest BCUT2D eigenvalue weighted by Gasteiger charge is -2.31. The zero-order chi connectivity index (χ0) is 10.5. The van der Waals surface area contributed by atoms with Gasteiger partial charge in [0.05, 0.1) is 11.7 Å². The number of hydrogen-bond donors (Lipinski definition) is 0. The van der Waals surface area contributed by atoms with Gasteiger partial charge in [0.15, 0.2) is 0 Å². The van der Waals surface area contributed by atoms with E-state index in [1.54, 1.807) is 0 Å². The summed E-state index contributed by atoms with van der Waals surface area (Å²) in [6.45, 7) is 13.3. The Kier molecular flexibility index (Phi) is 5.62. The summed E-state index contributed by atoms with van der Waals surface area (Å²) in [4.78, 5) is 0. The first-order chi connectivity index (χ1) is 5.91. The molecule has 0 N–H and O–H groups in total. The smallest absolute Gasteiger partial charge is 0.0632 e. The van der Waals surface area contributed by atoms with Gasteiger partial charge in [0.1, 0.15) is 0 Å². The van der Waals surface area contributed by atoms with Crippen molar-refractivity contribution >= 4 is 0 Å². The molecule has 0 bridgehead atoms. The van der Waals surface area contributed by atoms with Crippen LogP contribution in [0.15, 0.2) is 0 Å². The van der Waals surface area contributed by atoms with Crippen LogP contribution in [0.4, 0.5) is 0 Å². The zero-order valence-electron chi connectivity index (χ0n) is 10.2. The van der Waals surface area contributed by atoms with Gasteiger partial charge in [-0.2, -0.15) is 0 Å². The SMILES string of the molecule is CCC(CC)OC(C)(C)CC(C)C. The van der Waals surface area contributed by atoms with Crippen LogP contribution in [0.3, 0.4) is 0 Å². The summed E-state index contributed by atoms with van der Waals surface area (Å²) in [5.41, 5.74) is 0.0465. The third-order valence-electron chi connectivity index (χ3n) is 2.30. The Morgan fingerprint density at radius 2 is 1.54 bits per heavy atom. The first kappa shape index (κ1) is 13.0. The lowest BCUT2D eigenvalue weighted by molar-refractivity contribution is -0.0839. The van der Waals surface area contributed by atoms with Crippen LogP contribution >= 0.6 is 0 Å². The van der Waals surface area contributed by atoms with Gasteiger partial charge in [-0.15, -0.1) is 0 Å². The first-order valence-corrected chi connectivity index (χ1v) is 5.59. The Bertz CT molecular complexity index is 123. The molecule has 0 spiro atoms. The maximum atomic E-state index is 6.05. The average Bonchev–Trinajstić information content (AvgIpc) is 1.97. The molecule has 0 aromatic heterocycles. The lowest BCUT2D eigenvalue weighted by Crippen LogP contribution is -2.31. The second kappa shape index (κ2) is 5.64. The van der Waals surface area contributed by atoms with Crippen molar-refractivity contribution in [3.8, 4) is 0 Å². The van der Waals surface area contributed by atoms with E-state index < -0.39 is 0 Å². The molecule has 13 heavy (non-hydrogen) atoms. The molecule has 0 heterocycles. The molecule has 1 nitrogen and oxygen atoms in total. The largest absolute Gasteiger partial charge is 0.372 e. The second-order valence-corrected chi connectivity index (χ2v) is 4.91. The molecule has 0 aliphatic rings. The molecule has 0 rings (SSSR count). The van der Waals surface area contributed by atoms with E-state index in [1.165, 1.54) is 0 Å². The highest BCUT2D eigenvalue weighted by Gasteiger charge is 2.22. The molecule has 0 amide bonds. The van der Waals surface area contributed by atoms with Crippen molar-refractivity contribution in [3.05, 3.63) is 0 Å².